The molecule has 4 aromatic rings. The average Bonchev–Trinajstić information content (AvgIpc) is 3.02. The highest BCUT2D eigenvalue weighted by Gasteiger charge is 2.34. The fourth-order valence-electron chi connectivity index (χ4n) is 4.94. The van der Waals surface area contributed by atoms with E-state index < -0.39 is 28.5 Å². The first-order valence-corrected chi connectivity index (χ1v) is 16.3. The number of methoxy groups -OCH3 is 1. The first-order valence-electron chi connectivity index (χ1n) is 14.9. The summed E-state index contributed by atoms with van der Waals surface area (Å²) in [5, 5.41) is 2.97. The molecule has 2 amide bonds. The van der Waals surface area contributed by atoms with Gasteiger partial charge < -0.3 is 15.0 Å². The Balaban J connectivity index is 1.80. The van der Waals surface area contributed by atoms with Crippen LogP contribution < -0.4 is 14.4 Å². The zero-order valence-electron chi connectivity index (χ0n) is 26.4. The lowest BCUT2D eigenvalue weighted by atomic mass is 10.0. The first kappa shape index (κ1) is 33.3. The molecule has 0 radical (unpaired) electrons. The summed E-state index contributed by atoms with van der Waals surface area (Å²) < 4.78 is 34.7. The maximum Gasteiger partial charge on any atom is 0.264 e. The molecule has 0 fully saturated rings. The number of hydrogen-bond donors (Lipinski definition) is 1. The van der Waals surface area contributed by atoms with E-state index in [1.165, 1.54) is 24.1 Å². The first-order chi connectivity index (χ1) is 21.5. The van der Waals surface area contributed by atoms with Crippen LogP contribution in [0.1, 0.15) is 36.1 Å². The van der Waals surface area contributed by atoms with Gasteiger partial charge in [-0.15, -0.1) is 0 Å². The van der Waals surface area contributed by atoms with E-state index in [1.54, 1.807) is 36.4 Å². The third-order valence-electron chi connectivity index (χ3n) is 7.42. The summed E-state index contributed by atoms with van der Waals surface area (Å²) in [5.41, 5.74) is 3.96. The quantitative estimate of drug-likeness (QED) is 0.206. The fourth-order valence-corrected chi connectivity index (χ4v) is 6.35. The van der Waals surface area contributed by atoms with Gasteiger partial charge in [0, 0.05) is 19.0 Å². The van der Waals surface area contributed by atoms with Gasteiger partial charge in [-0.25, -0.2) is 8.42 Å². The van der Waals surface area contributed by atoms with Crippen LogP contribution in [0.25, 0.3) is 0 Å². The van der Waals surface area contributed by atoms with Crippen LogP contribution in [0.5, 0.6) is 5.75 Å². The van der Waals surface area contributed by atoms with Gasteiger partial charge in [0.15, 0.2) is 0 Å². The molecule has 0 aliphatic carbocycles. The minimum Gasteiger partial charge on any atom is -0.497 e. The normalized spacial score (nSPS) is 12.0. The molecule has 0 bridgehead atoms. The van der Waals surface area contributed by atoms with E-state index in [9.17, 15) is 18.0 Å². The van der Waals surface area contributed by atoms with E-state index >= 15 is 0 Å². The second-order valence-corrected chi connectivity index (χ2v) is 13.3. The summed E-state index contributed by atoms with van der Waals surface area (Å²) >= 11 is 0. The SMILES string of the molecule is COc1ccc(N(CC(=O)N(Cc2ccc(C)cc2)C(Cc2ccccc2)C(=O)NC(C)C)S(=O)(=O)c2ccc(C)cc2)cc1. The summed E-state index contributed by atoms with van der Waals surface area (Å²) in [4.78, 5) is 29.8. The number of aryl methyl sites for hydroxylation is 2. The lowest BCUT2D eigenvalue weighted by Gasteiger charge is -2.34. The van der Waals surface area contributed by atoms with Crippen LogP contribution in [0, 0.1) is 13.8 Å². The molecule has 0 saturated heterocycles. The van der Waals surface area contributed by atoms with Crippen molar-refractivity contribution in [2.24, 2.45) is 0 Å². The monoisotopic (exact) mass is 627 g/mol. The van der Waals surface area contributed by atoms with Gasteiger partial charge in [0.05, 0.1) is 17.7 Å². The number of rotatable bonds is 13. The number of hydrogen-bond acceptors (Lipinski definition) is 5. The van der Waals surface area contributed by atoms with Gasteiger partial charge in [0.2, 0.25) is 11.8 Å². The van der Waals surface area contributed by atoms with Gasteiger partial charge in [-0.05, 0) is 75.2 Å². The fraction of sp³-hybridized carbons (Fsp3) is 0.278. The molecule has 9 heteroatoms. The topological polar surface area (TPSA) is 96.0 Å². The molecule has 236 valence electrons. The number of amides is 2. The molecule has 8 nitrogen and oxygen atoms in total. The van der Waals surface area contributed by atoms with Crippen LogP contribution in [0.2, 0.25) is 0 Å². The van der Waals surface area contributed by atoms with Crippen LogP contribution >= 0.6 is 0 Å². The molecule has 0 heterocycles. The predicted octanol–water partition coefficient (Wildman–Crippen LogP) is 5.67. The summed E-state index contributed by atoms with van der Waals surface area (Å²) in [5.74, 6) is -0.277. The lowest BCUT2D eigenvalue weighted by molar-refractivity contribution is -0.140. The third-order valence-corrected chi connectivity index (χ3v) is 9.21. The van der Waals surface area contributed by atoms with E-state index in [1.807, 2.05) is 82.3 Å². The van der Waals surface area contributed by atoms with Gasteiger partial charge in [0.1, 0.15) is 18.3 Å². The Morgan fingerprint density at radius 1 is 0.778 bits per heavy atom. The van der Waals surface area contributed by atoms with Crippen LogP contribution in [0.15, 0.2) is 108 Å². The number of carbonyl (C=O) groups is 2. The highest BCUT2D eigenvalue weighted by Crippen LogP contribution is 2.27. The summed E-state index contributed by atoms with van der Waals surface area (Å²) in [6.45, 7) is 7.17. The molecule has 45 heavy (non-hydrogen) atoms. The maximum atomic E-state index is 14.5. The number of carbonyl (C=O) groups excluding carboxylic acids is 2. The molecular weight excluding hydrogens is 586 g/mol. The second kappa shape index (κ2) is 14.9. The van der Waals surface area contributed by atoms with Crippen molar-refractivity contribution in [3.63, 3.8) is 0 Å². The van der Waals surface area contributed by atoms with Gasteiger partial charge in [0.25, 0.3) is 10.0 Å². The Morgan fingerprint density at radius 3 is 1.91 bits per heavy atom. The predicted molar refractivity (Wildman–Crippen MR) is 178 cm³/mol. The maximum absolute atomic E-state index is 14.5. The van der Waals surface area contributed by atoms with Gasteiger partial charge in [-0.3, -0.25) is 13.9 Å². The molecule has 1 atom stereocenters. The number of anilines is 1. The third kappa shape index (κ3) is 8.73. The molecule has 0 saturated carbocycles. The standard InChI is InChI=1S/C36H41N3O5S/c1-26(2)37-36(41)34(23-29-9-7-6-8-10-29)38(24-30-15-11-27(3)12-16-30)35(40)25-39(31-17-19-32(44-5)20-18-31)45(42,43)33-21-13-28(4)14-22-33/h6-22,26,34H,23-25H2,1-5H3,(H,37,41). The molecule has 0 aliphatic heterocycles. The minimum atomic E-state index is -4.18. The molecule has 0 aromatic heterocycles. The van der Waals surface area contributed by atoms with Crippen molar-refractivity contribution < 1.29 is 22.7 Å². The summed E-state index contributed by atoms with van der Waals surface area (Å²) in [6, 6.07) is 29.2. The largest absolute Gasteiger partial charge is 0.497 e. The molecule has 4 aromatic carbocycles. The van der Waals surface area contributed by atoms with Crippen molar-refractivity contribution >= 4 is 27.5 Å². The van der Waals surface area contributed by atoms with Crippen LogP contribution in [0.3, 0.4) is 0 Å². The van der Waals surface area contributed by atoms with E-state index in [4.69, 9.17) is 4.74 Å². The molecule has 0 aliphatic rings. The van der Waals surface area contributed by atoms with Crippen molar-refractivity contribution in [3.05, 3.63) is 125 Å². The van der Waals surface area contributed by atoms with Crippen LogP contribution in [0.4, 0.5) is 5.69 Å². The van der Waals surface area contributed by atoms with E-state index in [2.05, 4.69) is 5.32 Å². The minimum absolute atomic E-state index is 0.0557. The van der Waals surface area contributed by atoms with Crippen molar-refractivity contribution in [2.75, 3.05) is 18.0 Å². The van der Waals surface area contributed by atoms with E-state index in [0.29, 0.717) is 11.4 Å². The molecular formula is C36H41N3O5S. The number of ether oxygens (including phenoxy) is 1. The number of nitrogens with one attached hydrogen (secondary N) is 1. The van der Waals surface area contributed by atoms with Gasteiger partial charge >= 0.3 is 0 Å². The van der Waals surface area contributed by atoms with E-state index in [-0.39, 0.29) is 29.8 Å². The van der Waals surface area contributed by atoms with Gasteiger partial charge in [-0.2, -0.15) is 0 Å². The summed E-state index contributed by atoms with van der Waals surface area (Å²) in [6.07, 6.45) is 0.254. The average molecular weight is 628 g/mol. The summed E-state index contributed by atoms with van der Waals surface area (Å²) in [7, 11) is -2.65. The number of nitrogens with zero attached hydrogens (tertiary/aromatic N) is 2. The number of benzene rings is 4. The molecule has 1 unspecified atom stereocenters. The van der Waals surface area contributed by atoms with Gasteiger partial charge in [-0.1, -0.05) is 77.9 Å². The van der Waals surface area contributed by atoms with E-state index in [0.717, 1.165) is 26.6 Å². The lowest BCUT2D eigenvalue weighted by Crippen LogP contribution is -2.54. The zero-order valence-corrected chi connectivity index (χ0v) is 27.3. The Bertz CT molecular complexity index is 1670. The van der Waals surface area contributed by atoms with Crippen molar-refractivity contribution in [1.82, 2.24) is 10.2 Å². The Labute approximate surface area is 266 Å². The van der Waals surface area contributed by atoms with Crippen molar-refractivity contribution in [2.45, 2.75) is 57.6 Å². The van der Waals surface area contributed by atoms with Crippen molar-refractivity contribution in [1.29, 1.82) is 0 Å². The molecule has 4 rings (SSSR count). The molecule has 1 N–H and O–H groups in total. The number of sulfonamides is 1. The van der Waals surface area contributed by atoms with Crippen molar-refractivity contribution in [3.8, 4) is 5.75 Å². The zero-order chi connectivity index (χ0) is 32.6. The highest BCUT2D eigenvalue weighted by atomic mass is 32.2. The van der Waals surface area contributed by atoms with Crippen LogP contribution in [-0.4, -0.2) is 50.9 Å². The Hall–Kier alpha value is -4.63. The Morgan fingerprint density at radius 2 is 1.36 bits per heavy atom. The molecule has 0 spiro atoms. The smallest absolute Gasteiger partial charge is 0.264 e. The highest BCUT2D eigenvalue weighted by molar-refractivity contribution is 7.92. The Kier molecular flexibility index (Phi) is 11.0. The second-order valence-electron chi connectivity index (χ2n) is 11.4. The van der Waals surface area contributed by atoms with Crippen LogP contribution in [-0.2, 0) is 32.6 Å².